The van der Waals surface area contributed by atoms with Gasteiger partial charge < -0.3 is 5.32 Å². The van der Waals surface area contributed by atoms with Crippen LogP contribution in [-0.2, 0) is 14.6 Å². The summed E-state index contributed by atoms with van der Waals surface area (Å²) in [6, 6.07) is -0.367. The van der Waals surface area contributed by atoms with Crippen LogP contribution in [-0.4, -0.2) is 37.7 Å². The van der Waals surface area contributed by atoms with E-state index in [4.69, 9.17) is 0 Å². The van der Waals surface area contributed by atoms with E-state index in [9.17, 15) is 13.2 Å². The molecule has 0 spiro atoms. The maximum Gasteiger partial charge on any atom is 0.249 e. The van der Waals surface area contributed by atoms with Gasteiger partial charge in [0.25, 0.3) is 0 Å². The number of rotatable bonds is 1. The van der Waals surface area contributed by atoms with E-state index in [0.717, 1.165) is 0 Å². The fourth-order valence-corrected chi connectivity index (χ4v) is 3.50. The normalized spacial score (nSPS) is 35.5. The molecule has 2 rings (SSSR count). The van der Waals surface area contributed by atoms with Crippen molar-refractivity contribution in [2.75, 3.05) is 11.5 Å². The molecule has 0 aromatic rings. The van der Waals surface area contributed by atoms with Crippen LogP contribution >= 0.6 is 0 Å². The molecule has 0 radical (unpaired) electrons. The zero-order valence-electron chi connectivity index (χ0n) is 7.86. The van der Waals surface area contributed by atoms with Gasteiger partial charge in [-0.05, 0) is 13.3 Å². The first-order valence-corrected chi connectivity index (χ1v) is 6.39. The molecule has 6 heteroatoms. The summed E-state index contributed by atoms with van der Waals surface area (Å²) in [6.07, 6.45) is 0.578. The largest absolute Gasteiger partial charge is 0.312 e. The van der Waals surface area contributed by atoms with Gasteiger partial charge in [0.15, 0.2) is 9.84 Å². The summed E-state index contributed by atoms with van der Waals surface area (Å²) in [7, 11) is -2.90. The second kappa shape index (κ2) is 3.05. The zero-order chi connectivity index (χ0) is 10.3. The predicted molar refractivity (Wildman–Crippen MR) is 51.8 cm³/mol. The van der Waals surface area contributed by atoms with E-state index in [-0.39, 0.29) is 29.4 Å². The third-order valence-corrected chi connectivity index (χ3v) is 4.35. The maximum atomic E-state index is 11.2. The van der Waals surface area contributed by atoms with Crippen LogP contribution in [0.25, 0.3) is 0 Å². The number of nitrogens with one attached hydrogen (secondary N) is 1. The lowest BCUT2D eigenvalue weighted by atomic mass is 10.1. The minimum Gasteiger partial charge on any atom is -0.312 e. The lowest BCUT2D eigenvalue weighted by molar-refractivity contribution is -0.119. The Kier molecular flexibility index (Phi) is 2.10. The predicted octanol–water partition coefficient (Wildman–Crippen LogP) is -0.662. The third-order valence-electron chi connectivity index (χ3n) is 2.58. The van der Waals surface area contributed by atoms with E-state index in [1.807, 2.05) is 0 Å². The van der Waals surface area contributed by atoms with Crippen LogP contribution in [0.4, 0.5) is 0 Å². The lowest BCUT2D eigenvalue weighted by Gasteiger charge is -2.05. The van der Waals surface area contributed by atoms with E-state index in [2.05, 4.69) is 10.3 Å². The summed E-state index contributed by atoms with van der Waals surface area (Å²) in [6.45, 7) is 1.70. The number of amidine groups is 1. The van der Waals surface area contributed by atoms with Crippen molar-refractivity contribution in [1.29, 1.82) is 0 Å². The summed E-state index contributed by atoms with van der Waals surface area (Å²) < 4.78 is 22.4. The summed E-state index contributed by atoms with van der Waals surface area (Å²) in [4.78, 5) is 15.2. The second-order valence-corrected chi connectivity index (χ2v) is 6.01. The monoisotopic (exact) mass is 216 g/mol. The topological polar surface area (TPSA) is 75.6 Å². The van der Waals surface area contributed by atoms with Gasteiger partial charge >= 0.3 is 0 Å². The first-order valence-electron chi connectivity index (χ1n) is 4.57. The summed E-state index contributed by atoms with van der Waals surface area (Å²) >= 11 is 0. The Balaban J connectivity index is 2.13. The van der Waals surface area contributed by atoms with Crippen molar-refractivity contribution < 1.29 is 13.2 Å². The van der Waals surface area contributed by atoms with E-state index >= 15 is 0 Å². The smallest absolute Gasteiger partial charge is 0.249 e. The summed E-state index contributed by atoms with van der Waals surface area (Å²) in [5.74, 6) is 0.654. The molecule has 1 saturated heterocycles. The number of aliphatic imine (C=N–C) groups is 1. The molecule has 78 valence electrons. The number of sulfone groups is 1. The van der Waals surface area contributed by atoms with Crippen LogP contribution in [0.1, 0.15) is 13.3 Å². The fraction of sp³-hybridized carbons (Fsp3) is 0.750. The van der Waals surface area contributed by atoms with Gasteiger partial charge in [-0.15, -0.1) is 0 Å². The number of hydrogen-bond donors (Lipinski definition) is 1. The number of nitrogens with zero attached hydrogens (tertiary/aromatic N) is 1. The molecule has 14 heavy (non-hydrogen) atoms. The zero-order valence-corrected chi connectivity index (χ0v) is 8.67. The molecule has 0 aliphatic carbocycles. The van der Waals surface area contributed by atoms with Gasteiger partial charge in [0.05, 0.1) is 11.5 Å². The Morgan fingerprint density at radius 1 is 1.50 bits per heavy atom. The van der Waals surface area contributed by atoms with Gasteiger partial charge in [0.1, 0.15) is 11.9 Å². The molecule has 1 N–H and O–H groups in total. The molecule has 0 bridgehead atoms. The number of hydrogen-bond acceptors (Lipinski definition) is 4. The summed E-state index contributed by atoms with van der Waals surface area (Å²) in [5.41, 5.74) is 0. The second-order valence-electron chi connectivity index (χ2n) is 3.78. The molecule has 2 aliphatic rings. The minimum absolute atomic E-state index is 0.103. The van der Waals surface area contributed by atoms with E-state index in [0.29, 0.717) is 12.3 Å². The molecule has 2 heterocycles. The van der Waals surface area contributed by atoms with Crippen LogP contribution in [0, 0.1) is 5.92 Å². The molecule has 1 fully saturated rings. The van der Waals surface area contributed by atoms with Gasteiger partial charge in [-0.25, -0.2) is 8.42 Å². The standard InChI is InChI=1S/C8H12N2O3S/c1-5-8(11)10-7(9-5)6-2-3-14(12,13)4-6/h5-6H,2-4H2,1H3,(H,9,10,11). The van der Waals surface area contributed by atoms with Gasteiger partial charge in [0.2, 0.25) is 5.91 Å². The van der Waals surface area contributed by atoms with E-state index in [1.165, 1.54) is 0 Å². The molecule has 0 saturated carbocycles. The van der Waals surface area contributed by atoms with Crippen molar-refractivity contribution in [1.82, 2.24) is 5.32 Å². The van der Waals surface area contributed by atoms with Crippen molar-refractivity contribution in [2.45, 2.75) is 19.4 Å². The molecule has 1 amide bonds. The first kappa shape index (κ1) is 9.64. The van der Waals surface area contributed by atoms with Gasteiger partial charge in [-0.2, -0.15) is 0 Å². The van der Waals surface area contributed by atoms with Gasteiger partial charge in [-0.3, -0.25) is 9.79 Å². The average molecular weight is 216 g/mol. The molecule has 2 atom stereocenters. The van der Waals surface area contributed by atoms with Crippen LogP contribution in [0.3, 0.4) is 0 Å². The highest BCUT2D eigenvalue weighted by atomic mass is 32.2. The lowest BCUT2D eigenvalue weighted by Crippen LogP contribution is -2.32. The fourth-order valence-electron chi connectivity index (χ4n) is 1.75. The Labute approximate surface area is 82.5 Å². The highest BCUT2D eigenvalue weighted by Crippen LogP contribution is 2.21. The molecular formula is C8H12N2O3S. The van der Waals surface area contributed by atoms with Crippen molar-refractivity contribution in [3.05, 3.63) is 0 Å². The van der Waals surface area contributed by atoms with Crippen molar-refractivity contribution in [3.63, 3.8) is 0 Å². The Morgan fingerprint density at radius 3 is 2.64 bits per heavy atom. The molecular weight excluding hydrogens is 204 g/mol. The SMILES string of the molecule is CC1N=C(C2CCS(=O)(=O)C2)NC1=O. The molecule has 0 aromatic carbocycles. The van der Waals surface area contributed by atoms with E-state index < -0.39 is 9.84 Å². The third kappa shape index (κ3) is 1.66. The highest BCUT2D eigenvalue weighted by Gasteiger charge is 2.35. The summed E-state index contributed by atoms with van der Waals surface area (Å²) in [5, 5.41) is 2.63. The van der Waals surface area contributed by atoms with Crippen LogP contribution in [0.5, 0.6) is 0 Å². The van der Waals surface area contributed by atoms with Gasteiger partial charge in [-0.1, -0.05) is 0 Å². The highest BCUT2D eigenvalue weighted by molar-refractivity contribution is 7.91. The molecule has 0 aromatic heterocycles. The van der Waals surface area contributed by atoms with Crippen molar-refractivity contribution in [3.8, 4) is 0 Å². The quantitative estimate of drug-likeness (QED) is 0.632. The number of carbonyl (C=O) groups excluding carboxylic acids is 1. The van der Waals surface area contributed by atoms with Crippen molar-refractivity contribution in [2.24, 2.45) is 10.9 Å². The van der Waals surface area contributed by atoms with Crippen LogP contribution in [0.15, 0.2) is 4.99 Å². The number of amides is 1. The Morgan fingerprint density at radius 2 is 2.21 bits per heavy atom. The van der Waals surface area contributed by atoms with Crippen molar-refractivity contribution >= 4 is 21.6 Å². The van der Waals surface area contributed by atoms with Gasteiger partial charge in [0, 0.05) is 5.92 Å². The van der Waals surface area contributed by atoms with Crippen LogP contribution < -0.4 is 5.32 Å². The van der Waals surface area contributed by atoms with E-state index in [1.54, 1.807) is 6.92 Å². The molecule has 2 aliphatic heterocycles. The van der Waals surface area contributed by atoms with Crippen LogP contribution in [0.2, 0.25) is 0 Å². The molecule has 2 unspecified atom stereocenters. The maximum absolute atomic E-state index is 11.2. The Hall–Kier alpha value is -0.910. The Bertz CT molecular complexity index is 399. The minimum atomic E-state index is -2.90. The molecule has 5 nitrogen and oxygen atoms in total. The number of carbonyl (C=O) groups is 1. The average Bonchev–Trinajstić information content (AvgIpc) is 2.57. The first-order chi connectivity index (χ1) is 6.48.